The number of carbonyl (C=O) groups is 2. The molecule has 2 aromatic carbocycles. The molecule has 10 heteroatoms. The van der Waals surface area contributed by atoms with Gasteiger partial charge in [-0.05, 0) is 58.0 Å². The molecule has 1 atom stereocenters. The van der Waals surface area contributed by atoms with Crippen LogP contribution >= 0.6 is 11.6 Å². The summed E-state index contributed by atoms with van der Waals surface area (Å²) in [5, 5.41) is 3.18. The van der Waals surface area contributed by atoms with Crippen molar-refractivity contribution in [2.45, 2.75) is 50.7 Å². The van der Waals surface area contributed by atoms with Crippen LogP contribution in [-0.4, -0.2) is 54.6 Å². The molecule has 0 aliphatic rings. The van der Waals surface area contributed by atoms with Crippen LogP contribution in [0.25, 0.3) is 0 Å². The van der Waals surface area contributed by atoms with Crippen molar-refractivity contribution in [3.63, 3.8) is 0 Å². The molecule has 0 spiro atoms. The van der Waals surface area contributed by atoms with Gasteiger partial charge in [0.1, 0.15) is 11.9 Å². The van der Waals surface area contributed by atoms with Crippen LogP contribution < -0.4 is 5.32 Å². The van der Waals surface area contributed by atoms with Crippen LogP contribution in [0.5, 0.6) is 0 Å². The van der Waals surface area contributed by atoms with Gasteiger partial charge in [0.25, 0.3) is 0 Å². The largest absolute Gasteiger partial charge is 0.350 e. The maximum Gasteiger partial charge on any atom is 0.243 e. The van der Waals surface area contributed by atoms with E-state index < -0.39 is 45.8 Å². The van der Waals surface area contributed by atoms with Crippen LogP contribution in [0.15, 0.2) is 53.4 Å². The molecule has 7 nitrogen and oxygen atoms in total. The van der Waals surface area contributed by atoms with E-state index in [1.54, 1.807) is 26.8 Å². The molecule has 0 aliphatic carbocycles. The normalized spacial score (nSPS) is 13.0. The van der Waals surface area contributed by atoms with Crippen molar-refractivity contribution in [2.24, 2.45) is 0 Å². The highest BCUT2D eigenvalue weighted by atomic mass is 35.5. The lowest BCUT2D eigenvalue weighted by atomic mass is 10.1. The molecule has 2 rings (SSSR count). The summed E-state index contributed by atoms with van der Waals surface area (Å²) in [4.78, 5) is 27.1. The molecule has 2 aromatic rings. The van der Waals surface area contributed by atoms with Crippen molar-refractivity contribution in [1.29, 1.82) is 0 Å². The molecule has 0 fully saturated rings. The fourth-order valence-electron chi connectivity index (χ4n) is 3.02. The van der Waals surface area contributed by atoms with Gasteiger partial charge in [0.15, 0.2) is 0 Å². The number of hydrogen-bond acceptors (Lipinski definition) is 4. The SMILES string of the molecule is C[C@@H](C(=O)NC(C)(C)C)N(Cc1ccccc1F)C(=O)CN(C)S(=O)(=O)c1ccc(Cl)cc1. The van der Waals surface area contributed by atoms with E-state index in [9.17, 15) is 22.4 Å². The van der Waals surface area contributed by atoms with Gasteiger partial charge in [-0.3, -0.25) is 9.59 Å². The number of halogens is 2. The zero-order valence-corrected chi connectivity index (χ0v) is 20.9. The van der Waals surface area contributed by atoms with Crippen molar-refractivity contribution < 1.29 is 22.4 Å². The second-order valence-electron chi connectivity index (χ2n) is 8.74. The molecule has 0 unspecified atom stereocenters. The fraction of sp³-hybridized carbons (Fsp3) is 0.391. The molecule has 0 aliphatic heterocycles. The van der Waals surface area contributed by atoms with Crippen molar-refractivity contribution >= 4 is 33.4 Å². The average Bonchev–Trinajstić information content (AvgIpc) is 2.71. The molecule has 0 radical (unpaired) electrons. The van der Waals surface area contributed by atoms with Crippen molar-refractivity contribution in [2.75, 3.05) is 13.6 Å². The molecular formula is C23H29ClFN3O4S. The predicted molar refractivity (Wildman–Crippen MR) is 126 cm³/mol. The van der Waals surface area contributed by atoms with Crippen molar-refractivity contribution in [1.82, 2.24) is 14.5 Å². The third-order valence-corrected chi connectivity index (χ3v) is 6.91. The molecule has 0 aromatic heterocycles. The molecule has 0 saturated heterocycles. The van der Waals surface area contributed by atoms with Gasteiger partial charge in [0.05, 0.1) is 11.4 Å². The highest BCUT2D eigenvalue weighted by Gasteiger charge is 2.31. The summed E-state index contributed by atoms with van der Waals surface area (Å²) in [6, 6.07) is 10.5. The second kappa shape index (κ2) is 10.6. The van der Waals surface area contributed by atoms with E-state index in [1.807, 2.05) is 0 Å². The average molecular weight is 498 g/mol. The number of rotatable bonds is 8. The minimum Gasteiger partial charge on any atom is -0.350 e. The number of amides is 2. The predicted octanol–water partition coefficient (Wildman–Crippen LogP) is 3.43. The van der Waals surface area contributed by atoms with E-state index in [-0.39, 0.29) is 17.0 Å². The van der Waals surface area contributed by atoms with Crippen LogP contribution in [0, 0.1) is 5.82 Å². The topological polar surface area (TPSA) is 86.8 Å². The van der Waals surface area contributed by atoms with Gasteiger partial charge < -0.3 is 10.2 Å². The Kier molecular flexibility index (Phi) is 8.62. The van der Waals surface area contributed by atoms with Crippen LogP contribution in [0.2, 0.25) is 5.02 Å². The zero-order valence-electron chi connectivity index (χ0n) is 19.3. The smallest absolute Gasteiger partial charge is 0.243 e. The molecular weight excluding hydrogens is 469 g/mol. The molecule has 0 heterocycles. The van der Waals surface area contributed by atoms with Gasteiger partial charge in [0, 0.05) is 29.7 Å². The summed E-state index contributed by atoms with van der Waals surface area (Å²) in [6.07, 6.45) is 0. The van der Waals surface area contributed by atoms with Gasteiger partial charge in [-0.25, -0.2) is 12.8 Å². The number of nitrogens with one attached hydrogen (secondary N) is 1. The Morgan fingerprint density at radius 1 is 1.09 bits per heavy atom. The first-order chi connectivity index (χ1) is 15.2. The Morgan fingerprint density at radius 2 is 1.67 bits per heavy atom. The lowest BCUT2D eigenvalue weighted by Crippen LogP contribution is -2.54. The van der Waals surface area contributed by atoms with E-state index in [0.717, 1.165) is 4.31 Å². The summed E-state index contributed by atoms with van der Waals surface area (Å²) in [6.45, 7) is 6.19. The van der Waals surface area contributed by atoms with E-state index in [4.69, 9.17) is 11.6 Å². The van der Waals surface area contributed by atoms with Crippen molar-refractivity contribution in [3.05, 3.63) is 64.9 Å². The Balaban J connectivity index is 2.31. The number of benzene rings is 2. The second-order valence-corrected chi connectivity index (χ2v) is 11.2. The summed E-state index contributed by atoms with van der Waals surface area (Å²) in [5.41, 5.74) is -0.336. The minimum atomic E-state index is -3.99. The van der Waals surface area contributed by atoms with Crippen LogP contribution in [0.3, 0.4) is 0 Å². The monoisotopic (exact) mass is 497 g/mol. The lowest BCUT2D eigenvalue weighted by molar-refractivity contribution is -0.141. The Labute approximate surface area is 199 Å². The van der Waals surface area contributed by atoms with Crippen LogP contribution in [-0.2, 0) is 26.2 Å². The molecule has 0 bridgehead atoms. The maximum absolute atomic E-state index is 14.3. The first kappa shape index (κ1) is 26.8. The number of sulfonamides is 1. The van der Waals surface area contributed by atoms with Gasteiger partial charge in [0.2, 0.25) is 21.8 Å². The van der Waals surface area contributed by atoms with Gasteiger partial charge in [-0.1, -0.05) is 29.8 Å². The first-order valence-corrected chi connectivity index (χ1v) is 12.1. The molecule has 2 amide bonds. The Bertz CT molecular complexity index is 1100. The summed E-state index contributed by atoms with van der Waals surface area (Å²) in [7, 11) is -2.72. The molecule has 0 saturated carbocycles. The standard InChI is InChI=1S/C23H29ClFN3O4S/c1-16(22(30)26-23(2,3)4)28(14-17-8-6-7-9-20(17)25)21(29)15-27(5)33(31,32)19-12-10-18(24)11-13-19/h6-13,16H,14-15H2,1-5H3,(H,26,30)/t16-/m0/s1. The Hall–Kier alpha value is -2.49. The van der Waals surface area contributed by atoms with Gasteiger partial charge >= 0.3 is 0 Å². The summed E-state index contributed by atoms with van der Waals surface area (Å²) >= 11 is 5.83. The summed E-state index contributed by atoms with van der Waals surface area (Å²) < 4.78 is 40.9. The number of hydrogen-bond donors (Lipinski definition) is 1. The van der Waals surface area contributed by atoms with Crippen LogP contribution in [0.4, 0.5) is 4.39 Å². The number of likely N-dealkylation sites (N-methyl/N-ethyl adjacent to an activating group) is 1. The quantitative estimate of drug-likeness (QED) is 0.605. The molecule has 1 N–H and O–H groups in total. The zero-order chi connectivity index (χ0) is 25.0. The Morgan fingerprint density at radius 3 is 2.21 bits per heavy atom. The minimum absolute atomic E-state index is 0.0265. The number of nitrogens with zero attached hydrogens (tertiary/aromatic N) is 2. The van der Waals surface area contributed by atoms with E-state index in [0.29, 0.717) is 5.02 Å². The summed E-state index contributed by atoms with van der Waals surface area (Å²) in [5.74, 6) is -1.61. The highest BCUT2D eigenvalue weighted by Crippen LogP contribution is 2.19. The van der Waals surface area contributed by atoms with E-state index in [1.165, 1.54) is 61.3 Å². The maximum atomic E-state index is 14.3. The first-order valence-electron chi connectivity index (χ1n) is 10.3. The van der Waals surface area contributed by atoms with Gasteiger partial charge in [-0.2, -0.15) is 4.31 Å². The molecule has 33 heavy (non-hydrogen) atoms. The highest BCUT2D eigenvalue weighted by molar-refractivity contribution is 7.89. The third kappa shape index (κ3) is 7.25. The van der Waals surface area contributed by atoms with E-state index in [2.05, 4.69) is 5.32 Å². The fourth-order valence-corrected chi connectivity index (χ4v) is 4.27. The lowest BCUT2D eigenvalue weighted by Gasteiger charge is -2.32. The number of carbonyl (C=O) groups excluding carboxylic acids is 2. The van der Waals surface area contributed by atoms with Crippen LogP contribution in [0.1, 0.15) is 33.3 Å². The van der Waals surface area contributed by atoms with Gasteiger partial charge in [-0.15, -0.1) is 0 Å². The van der Waals surface area contributed by atoms with Crippen molar-refractivity contribution in [3.8, 4) is 0 Å². The third-order valence-electron chi connectivity index (χ3n) is 4.84. The van der Waals surface area contributed by atoms with E-state index >= 15 is 0 Å². The molecule has 180 valence electrons.